The van der Waals surface area contributed by atoms with Crippen LogP contribution in [0.2, 0.25) is 0 Å². The van der Waals surface area contributed by atoms with Crippen LogP contribution in [0.5, 0.6) is 0 Å². The number of nitrogens with zero attached hydrogens (tertiary/aromatic N) is 1. The van der Waals surface area contributed by atoms with E-state index < -0.39 is 11.3 Å². The number of anilines is 1. The number of rotatable bonds is 2. The van der Waals surface area contributed by atoms with Gasteiger partial charge in [-0.2, -0.15) is 5.10 Å². The zero-order valence-electron chi connectivity index (χ0n) is 11.0. The number of H-pyrrole nitrogens is 1. The number of benzene rings is 1. The summed E-state index contributed by atoms with van der Waals surface area (Å²) >= 11 is -2.36. The van der Waals surface area contributed by atoms with Crippen LogP contribution in [0, 0.1) is 0 Å². The van der Waals surface area contributed by atoms with Crippen molar-refractivity contribution in [3.05, 3.63) is 48.8 Å². The molecule has 1 atom stereocenters. The van der Waals surface area contributed by atoms with Gasteiger partial charge in [-0.1, -0.05) is 25.1 Å². The summed E-state index contributed by atoms with van der Waals surface area (Å²) in [5, 5.41) is 13.0. The second-order valence-electron chi connectivity index (χ2n) is 3.29. The maximum absolute atomic E-state index is 10.9. The quantitative estimate of drug-likeness (QED) is 0.720. The van der Waals surface area contributed by atoms with Crippen LogP contribution in [0.4, 0.5) is 5.69 Å². The van der Waals surface area contributed by atoms with Gasteiger partial charge in [0.15, 0.2) is 0 Å². The van der Waals surface area contributed by atoms with Gasteiger partial charge < -0.3 is 9.87 Å². The highest BCUT2D eigenvalue weighted by atomic mass is 32.2. The molecular weight excluding hydrogens is 280 g/mol. The first kappa shape index (κ1) is 18.0. The average Bonchev–Trinajstić information content (AvgIpc) is 2.98. The lowest BCUT2D eigenvalue weighted by molar-refractivity contribution is -0.115. The van der Waals surface area contributed by atoms with Gasteiger partial charge in [-0.05, 0) is 18.2 Å². The first-order valence-corrected chi connectivity index (χ1v) is 6.82. The number of nitrogens with two attached hydrogens (primary N) is 1. The average molecular weight is 297 g/mol. The number of aromatic nitrogens is 2. The van der Waals surface area contributed by atoms with Crippen molar-refractivity contribution >= 4 is 22.9 Å². The van der Waals surface area contributed by atoms with Gasteiger partial charge in [0.2, 0.25) is 5.91 Å². The number of nitrogens with one attached hydrogen (secondary N) is 2. The summed E-state index contributed by atoms with van der Waals surface area (Å²) in [4.78, 5) is 10.9. The van der Waals surface area contributed by atoms with Crippen LogP contribution < -0.4 is 10.5 Å². The third-order valence-corrected chi connectivity index (χ3v) is 1.78. The number of hydrogen-bond acceptors (Lipinski definition) is 4. The molecule has 0 bridgehead atoms. The molecule has 0 saturated carbocycles. The van der Waals surface area contributed by atoms with Crippen molar-refractivity contribution in [2.24, 2.45) is 5.14 Å². The first-order valence-electron chi connectivity index (χ1n) is 5.68. The number of para-hydroxylation sites is 1. The Bertz CT molecular complexity index is 455. The minimum atomic E-state index is -2.36. The first-order chi connectivity index (χ1) is 9.56. The normalized spacial score (nSPS) is 10.2. The second-order valence-corrected chi connectivity index (χ2v) is 3.82. The SMILES string of the molecule is CCC(=O)Nc1ccccc1.NS(=O)[O-].c1cn[nH]c1. The molecule has 0 saturated heterocycles. The zero-order chi connectivity index (χ0) is 15.2. The fourth-order valence-electron chi connectivity index (χ4n) is 0.986. The summed E-state index contributed by atoms with van der Waals surface area (Å²) in [7, 11) is 0. The summed E-state index contributed by atoms with van der Waals surface area (Å²) in [6.45, 7) is 1.83. The largest absolute Gasteiger partial charge is 0.760 e. The maximum Gasteiger partial charge on any atom is 0.224 e. The van der Waals surface area contributed by atoms with Crippen molar-refractivity contribution in [1.29, 1.82) is 0 Å². The van der Waals surface area contributed by atoms with Crippen LogP contribution in [0.3, 0.4) is 0 Å². The van der Waals surface area contributed by atoms with Crippen molar-refractivity contribution in [2.75, 3.05) is 5.32 Å². The number of amides is 1. The minimum absolute atomic E-state index is 0.0520. The van der Waals surface area contributed by atoms with Crippen molar-refractivity contribution < 1.29 is 13.6 Å². The van der Waals surface area contributed by atoms with E-state index in [-0.39, 0.29) is 5.91 Å². The molecule has 1 aromatic carbocycles. The lowest BCUT2D eigenvalue weighted by Gasteiger charge is -2.00. The molecule has 1 amide bonds. The Hall–Kier alpha value is -2.03. The van der Waals surface area contributed by atoms with Gasteiger partial charge in [-0.3, -0.25) is 19.2 Å². The molecule has 1 heterocycles. The van der Waals surface area contributed by atoms with E-state index >= 15 is 0 Å². The predicted molar refractivity (Wildman–Crippen MR) is 77.1 cm³/mol. The number of hydrogen-bond donors (Lipinski definition) is 3. The Morgan fingerprint density at radius 3 is 2.35 bits per heavy atom. The van der Waals surface area contributed by atoms with E-state index in [9.17, 15) is 4.79 Å². The van der Waals surface area contributed by atoms with Gasteiger partial charge in [-0.25, -0.2) is 0 Å². The van der Waals surface area contributed by atoms with Gasteiger partial charge in [0, 0.05) is 35.8 Å². The molecular formula is C12H17N4O3S-. The van der Waals surface area contributed by atoms with E-state index in [4.69, 9.17) is 8.76 Å². The summed E-state index contributed by atoms with van der Waals surface area (Å²) < 4.78 is 17.6. The van der Waals surface area contributed by atoms with Crippen molar-refractivity contribution in [2.45, 2.75) is 13.3 Å². The lowest BCUT2D eigenvalue weighted by atomic mass is 10.3. The molecule has 0 aliphatic rings. The molecule has 4 N–H and O–H groups in total. The Morgan fingerprint density at radius 1 is 1.40 bits per heavy atom. The molecule has 2 rings (SSSR count). The Labute approximate surface area is 120 Å². The zero-order valence-corrected chi connectivity index (χ0v) is 11.8. The summed E-state index contributed by atoms with van der Waals surface area (Å²) in [5.41, 5.74) is 0.861. The topological polar surface area (TPSA) is 124 Å². The maximum atomic E-state index is 10.9. The van der Waals surface area contributed by atoms with E-state index in [1.54, 1.807) is 12.4 Å². The standard InChI is InChI=1S/C9H11NO.C3H4N2.H3NO2S/c1-2-9(11)10-8-6-4-3-5-7-8;1-2-4-5-3-1;1-4(2)3/h3-7H,2H2,1H3,(H,10,11);1-3H,(H,4,5);1H2,(H,2,3)/p-1. The molecule has 0 radical (unpaired) electrons. The Morgan fingerprint density at radius 2 is 2.00 bits per heavy atom. The molecule has 8 heteroatoms. The molecule has 0 fully saturated rings. The Balaban J connectivity index is 0.000000331. The summed E-state index contributed by atoms with van der Waals surface area (Å²) in [6.07, 6.45) is 3.98. The fraction of sp³-hybridized carbons (Fsp3) is 0.167. The molecule has 110 valence electrons. The van der Waals surface area contributed by atoms with E-state index in [1.165, 1.54) is 0 Å². The number of carbonyl (C=O) groups is 1. The highest BCUT2D eigenvalue weighted by Gasteiger charge is 1.95. The van der Waals surface area contributed by atoms with E-state index in [0.717, 1.165) is 5.69 Å². The molecule has 20 heavy (non-hydrogen) atoms. The smallest absolute Gasteiger partial charge is 0.224 e. The van der Waals surface area contributed by atoms with E-state index in [2.05, 4.69) is 20.7 Å². The van der Waals surface area contributed by atoms with Crippen LogP contribution in [0.25, 0.3) is 0 Å². The number of carbonyl (C=O) groups excluding carboxylic acids is 1. The molecule has 1 aromatic heterocycles. The van der Waals surface area contributed by atoms with E-state index in [1.807, 2.05) is 43.3 Å². The molecule has 0 aliphatic heterocycles. The third kappa shape index (κ3) is 12.4. The fourth-order valence-corrected chi connectivity index (χ4v) is 0.986. The van der Waals surface area contributed by atoms with Gasteiger partial charge in [0.05, 0.1) is 0 Å². The van der Waals surface area contributed by atoms with Gasteiger partial charge >= 0.3 is 0 Å². The summed E-state index contributed by atoms with van der Waals surface area (Å²) in [6, 6.07) is 11.3. The Kier molecular flexibility index (Phi) is 10.8. The van der Waals surface area contributed by atoms with Gasteiger partial charge in [-0.15, -0.1) is 0 Å². The summed E-state index contributed by atoms with van der Waals surface area (Å²) in [5.74, 6) is 0.0520. The van der Waals surface area contributed by atoms with Crippen LogP contribution in [0.15, 0.2) is 48.8 Å². The lowest BCUT2D eigenvalue weighted by Crippen LogP contribution is -2.08. The van der Waals surface area contributed by atoms with Gasteiger partial charge in [0.1, 0.15) is 0 Å². The highest BCUT2D eigenvalue weighted by molar-refractivity contribution is 7.76. The molecule has 7 nitrogen and oxygen atoms in total. The predicted octanol–water partition coefficient (Wildman–Crippen LogP) is 1.18. The van der Waals surface area contributed by atoms with E-state index in [0.29, 0.717) is 6.42 Å². The third-order valence-electron chi connectivity index (χ3n) is 1.78. The van der Waals surface area contributed by atoms with Crippen LogP contribution >= 0.6 is 0 Å². The molecule has 0 spiro atoms. The molecule has 0 aliphatic carbocycles. The van der Waals surface area contributed by atoms with Crippen LogP contribution in [0.1, 0.15) is 13.3 Å². The van der Waals surface area contributed by atoms with Gasteiger partial charge in [0.25, 0.3) is 0 Å². The van der Waals surface area contributed by atoms with Crippen LogP contribution in [-0.4, -0.2) is 24.9 Å². The van der Waals surface area contributed by atoms with Crippen molar-refractivity contribution in [3.63, 3.8) is 0 Å². The number of aromatic amines is 1. The highest BCUT2D eigenvalue weighted by Crippen LogP contribution is 2.04. The van der Waals surface area contributed by atoms with Crippen LogP contribution in [-0.2, 0) is 16.1 Å². The molecule has 2 aromatic rings. The second kappa shape index (κ2) is 12.0. The minimum Gasteiger partial charge on any atom is -0.760 e. The van der Waals surface area contributed by atoms with Crippen molar-refractivity contribution in [3.8, 4) is 0 Å². The molecule has 1 unspecified atom stereocenters. The van der Waals surface area contributed by atoms with Crippen molar-refractivity contribution in [1.82, 2.24) is 10.2 Å². The monoisotopic (exact) mass is 297 g/mol.